The molecule has 2 aliphatic rings. The number of ether oxygens (including phenoxy) is 1. The van der Waals surface area contributed by atoms with Gasteiger partial charge in [0.15, 0.2) is 11.5 Å². The molecule has 6 nitrogen and oxygen atoms in total. The minimum Gasteiger partial charge on any atom is -0.491 e. The smallest absolute Gasteiger partial charge is 0.151 e. The molecule has 8 heteroatoms. The Bertz CT molecular complexity index is 910. The number of nitrogens with zero attached hydrogens (tertiary/aromatic N) is 3. The van der Waals surface area contributed by atoms with Gasteiger partial charge in [0, 0.05) is 36.7 Å². The van der Waals surface area contributed by atoms with E-state index in [9.17, 15) is 4.79 Å². The predicted octanol–water partition coefficient (Wildman–Crippen LogP) is 4.26. The quantitative estimate of drug-likeness (QED) is 0.597. The maximum atomic E-state index is 12.9. The fourth-order valence-corrected chi connectivity index (χ4v) is 4.42. The van der Waals surface area contributed by atoms with Crippen LogP contribution >= 0.6 is 23.7 Å². The Morgan fingerprint density at radius 3 is 2.83 bits per heavy atom. The van der Waals surface area contributed by atoms with Gasteiger partial charge in [-0.2, -0.15) is 5.26 Å². The summed E-state index contributed by atoms with van der Waals surface area (Å²) < 4.78 is 6.22. The largest absolute Gasteiger partial charge is 0.491 e. The molecule has 0 bridgehead atoms. The van der Waals surface area contributed by atoms with Crippen molar-refractivity contribution in [2.45, 2.75) is 46.0 Å². The number of fused-ring (bicyclic) bond motifs is 1. The van der Waals surface area contributed by atoms with Crippen molar-refractivity contribution in [3.63, 3.8) is 0 Å². The van der Waals surface area contributed by atoms with Crippen LogP contribution in [0.4, 0.5) is 0 Å². The highest BCUT2D eigenvalue weighted by Gasteiger charge is 2.35. The Morgan fingerprint density at radius 1 is 1.47 bits per heavy atom. The van der Waals surface area contributed by atoms with Crippen molar-refractivity contribution in [1.82, 2.24) is 9.88 Å². The van der Waals surface area contributed by atoms with Crippen molar-refractivity contribution >= 4 is 29.5 Å². The summed E-state index contributed by atoms with van der Waals surface area (Å²) in [7, 11) is 0. The lowest BCUT2D eigenvalue weighted by molar-refractivity contribution is -0.119. The van der Waals surface area contributed by atoms with Crippen LogP contribution in [0.25, 0.3) is 0 Å². The van der Waals surface area contributed by atoms with Gasteiger partial charge in [-0.25, -0.2) is 4.98 Å². The highest BCUT2D eigenvalue weighted by molar-refractivity contribution is 7.10. The van der Waals surface area contributed by atoms with Crippen LogP contribution in [0.1, 0.15) is 56.7 Å². The minimum absolute atomic E-state index is 0. The molecule has 1 aliphatic carbocycles. The lowest BCUT2D eigenvalue weighted by Crippen LogP contribution is -2.33. The molecule has 162 valence electrons. The van der Waals surface area contributed by atoms with Gasteiger partial charge >= 0.3 is 0 Å². The fraction of sp³-hybridized carbons (Fsp3) is 0.500. The van der Waals surface area contributed by atoms with Crippen molar-refractivity contribution < 1.29 is 9.53 Å². The van der Waals surface area contributed by atoms with Crippen molar-refractivity contribution in [2.75, 3.05) is 19.7 Å². The molecule has 1 aliphatic heterocycles. The number of rotatable bonds is 8. The Morgan fingerprint density at radius 2 is 2.23 bits per heavy atom. The molecule has 1 aromatic rings. The van der Waals surface area contributed by atoms with E-state index in [4.69, 9.17) is 15.7 Å². The highest BCUT2D eigenvalue weighted by atomic mass is 35.5. The summed E-state index contributed by atoms with van der Waals surface area (Å²) in [6.45, 7) is 8.25. The zero-order valence-corrected chi connectivity index (χ0v) is 19.3. The van der Waals surface area contributed by atoms with E-state index in [1.165, 1.54) is 11.3 Å². The normalized spacial score (nSPS) is 18.5. The molecule has 0 fully saturated rings. The molecule has 1 atom stereocenters. The number of hydrogen-bond donors (Lipinski definition) is 1. The SMILES string of the molecule is CCCCOC1=C(CN)N(CC(C)C)C=C2CC(=O)C(c3nc(C#N)cs3)C=C21.Cl. The van der Waals surface area contributed by atoms with E-state index in [2.05, 4.69) is 36.9 Å². The molecule has 0 aromatic carbocycles. The molecule has 2 heterocycles. The average Bonchev–Trinajstić information content (AvgIpc) is 3.16. The monoisotopic (exact) mass is 448 g/mol. The summed E-state index contributed by atoms with van der Waals surface area (Å²) >= 11 is 1.35. The zero-order valence-electron chi connectivity index (χ0n) is 17.7. The van der Waals surface area contributed by atoms with E-state index in [1.54, 1.807) is 5.38 Å². The van der Waals surface area contributed by atoms with Crippen molar-refractivity contribution in [2.24, 2.45) is 11.7 Å². The number of halogens is 1. The molecule has 0 radical (unpaired) electrons. The van der Waals surface area contributed by atoms with Crippen LogP contribution in [0.5, 0.6) is 0 Å². The van der Waals surface area contributed by atoms with E-state index in [0.29, 0.717) is 36.2 Å². The zero-order chi connectivity index (χ0) is 21.0. The second kappa shape index (κ2) is 10.8. The number of hydrogen-bond acceptors (Lipinski definition) is 7. The maximum absolute atomic E-state index is 12.9. The van der Waals surface area contributed by atoms with Crippen LogP contribution in [-0.4, -0.2) is 35.4 Å². The molecule has 1 aromatic heterocycles. The summed E-state index contributed by atoms with van der Waals surface area (Å²) in [5, 5.41) is 11.4. The second-order valence-electron chi connectivity index (χ2n) is 7.77. The summed E-state index contributed by atoms with van der Waals surface area (Å²) in [6.07, 6.45) is 6.32. The first kappa shape index (κ1) is 24.1. The van der Waals surface area contributed by atoms with Crippen molar-refractivity contribution in [1.29, 1.82) is 5.26 Å². The van der Waals surface area contributed by atoms with Gasteiger partial charge < -0.3 is 15.4 Å². The molecule has 2 N–H and O–H groups in total. The molecule has 1 unspecified atom stereocenters. The Kier molecular flexibility index (Phi) is 8.65. The number of carbonyl (C=O) groups excluding carboxylic acids is 1. The molecule has 30 heavy (non-hydrogen) atoms. The Labute approximate surface area is 188 Å². The first-order valence-electron chi connectivity index (χ1n) is 10.1. The number of nitriles is 1. The van der Waals surface area contributed by atoms with Crippen LogP contribution in [0.2, 0.25) is 0 Å². The van der Waals surface area contributed by atoms with Gasteiger partial charge in [0.25, 0.3) is 0 Å². The van der Waals surface area contributed by atoms with Gasteiger partial charge in [0.1, 0.15) is 16.8 Å². The molecular formula is C22H29ClN4O2S. The molecule has 0 spiro atoms. The first-order valence-corrected chi connectivity index (χ1v) is 11.0. The van der Waals surface area contributed by atoms with Crippen LogP contribution in [0.15, 0.2) is 40.3 Å². The Balaban J connectivity index is 0.00000320. The predicted molar refractivity (Wildman–Crippen MR) is 121 cm³/mol. The van der Waals surface area contributed by atoms with E-state index < -0.39 is 5.92 Å². The minimum atomic E-state index is -0.449. The maximum Gasteiger partial charge on any atom is 0.151 e. The van der Waals surface area contributed by atoms with Crippen LogP contribution < -0.4 is 5.73 Å². The first-order chi connectivity index (χ1) is 14.0. The number of ketones is 1. The number of allylic oxidation sites excluding steroid dienone is 2. The van der Waals surface area contributed by atoms with E-state index in [1.807, 2.05) is 12.1 Å². The molecule has 0 saturated carbocycles. The summed E-state index contributed by atoms with van der Waals surface area (Å²) in [4.78, 5) is 19.3. The van der Waals surface area contributed by atoms with Crippen LogP contribution in [0.3, 0.4) is 0 Å². The summed E-state index contributed by atoms with van der Waals surface area (Å²) in [6, 6.07) is 2.04. The fourth-order valence-electron chi connectivity index (χ4n) is 3.58. The molecular weight excluding hydrogens is 420 g/mol. The lowest BCUT2D eigenvalue weighted by Gasteiger charge is -2.35. The van der Waals surface area contributed by atoms with E-state index in [0.717, 1.165) is 42.0 Å². The number of thiazole rings is 1. The van der Waals surface area contributed by atoms with Crippen molar-refractivity contribution in [3.05, 3.63) is 51.0 Å². The van der Waals surface area contributed by atoms with Gasteiger partial charge in [0.05, 0.1) is 18.2 Å². The third kappa shape index (κ3) is 5.12. The molecule has 0 amide bonds. The standard InChI is InChI=1S/C22H28N4O2S.ClH/c1-4-5-6-28-21-17-8-18(22-25-16(9-23)13-29-22)20(27)7-15(17)12-26(11-14(2)3)19(21)10-24;/h8,12-14,18H,4-7,10-11,24H2,1-3H3;1H. The molecule has 0 saturated heterocycles. The van der Waals surface area contributed by atoms with Gasteiger partial charge in [-0.3, -0.25) is 4.79 Å². The topological polar surface area (TPSA) is 92.2 Å². The summed E-state index contributed by atoms with van der Waals surface area (Å²) in [5.74, 6) is 0.874. The highest BCUT2D eigenvalue weighted by Crippen LogP contribution is 2.41. The van der Waals surface area contributed by atoms with Crippen LogP contribution in [0, 0.1) is 17.2 Å². The lowest BCUT2D eigenvalue weighted by atomic mass is 9.83. The number of aromatic nitrogens is 1. The van der Waals surface area contributed by atoms with Gasteiger partial charge in [-0.05, 0) is 17.9 Å². The average molecular weight is 449 g/mol. The molecule has 3 rings (SSSR count). The Hall–Kier alpha value is -2.14. The second-order valence-corrected chi connectivity index (χ2v) is 8.66. The number of nitrogens with two attached hydrogens (primary N) is 1. The van der Waals surface area contributed by atoms with Gasteiger partial charge in [-0.15, -0.1) is 23.7 Å². The number of unbranched alkanes of at least 4 members (excludes halogenated alkanes) is 1. The third-order valence-electron chi connectivity index (χ3n) is 4.96. The third-order valence-corrected chi connectivity index (χ3v) is 5.89. The summed E-state index contributed by atoms with van der Waals surface area (Å²) in [5.41, 5.74) is 9.34. The van der Waals surface area contributed by atoms with Crippen molar-refractivity contribution in [3.8, 4) is 6.07 Å². The number of Topliss-reactive ketones (excluding diaryl/α,β-unsaturated/α-hetero) is 1. The van der Waals surface area contributed by atoms with Gasteiger partial charge in [0.2, 0.25) is 0 Å². The van der Waals surface area contributed by atoms with E-state index >= 15 is 0 Å². The van der Waals surface area contributed by atoms with Crippen LogP contribution in [-0.2, 0) is 9.53 Å². The van der Waals surface area contributed by atoms with E-state index in [-0.39, 0.29) is 18.2 Å². The number of carbonyl (C=O) groups is 1. The van der Waals surface area contributed by atoms with Gasteiger partial charge in [-0.1, -0.05) is 33.3 Å².